The molecule has 0 spiro atoms. The number of hydrogen-bond donors (Lipinski definition) is 2. The Morgan fingerprint density at radius 1 is 1.39 bits per heavy atom. The molecule has 0 aromatic carbocycles. The Morgan fingerprint density at radius 3 is 2.67 bits per heavy atom. The first kappa shape index (κ1) is 11.6. The van der Waals surface area contributed by atoms with Crippen LogP contribution in [0.5, 0.6) is 0 Å². The van der Waals surface area contributed by atoms with Crippen LogP contribution >= 0.6 is 11.5 Å². The van der Waals surface area contributed by atoms with E-state index in [1.165, 1.54) is 6.42 Å². The van der Waals surface area contributed by atoms with Crippen molar-refractivity contribution in [2.45, 2.75) is 26.2 Å². The van der Waals surface area contributed by atoms with Gasteiger partial charge < -0.3 is 10.4 Å². The van der Waals surface area contributed by atoms with Crippen LogP contribution in [-0.2, 0) is 4.79 Å². The number of carbonyl (C=O) groups is 2. The van der Waals surface area contributed by atoms with E-state index in [0.29, 0.717) is 22.5 Å². The minimum Gasteiger partial charge on any atom is -0.478 e. The molecule has 2 atom stereocenters. The van der Waals surface area contributed by atoms with Crippen LogP contribution in [0.4, 0.5) is 5.00 Å². The zero-order valence-corrected chi connectivity index (χ0v) is 10.8. The van der Waals surface area contributed by atoms with Crippen molar-refractivity contribution in [3.05, 3.63) is 11.3 Å². The fraction of sp³-hybridized carbons (Fsp3) is 0.583. The van der Waals surface area contributed by atoms with Gasteiger partial charge in [0.15, 0.2) is 0 Å². The van der Waals surface area contributed by atoms with Gasteiger partial charge >= 0.3 is 5.97 Å². The number of aromatic nitrogens is 1. The molecule has 2 saturated carbocycles. The molecule has 1 amide bonds. The summed E-state index contributed by atoms with van der Waals surface area (Å²) >= 11 is 1.04. The smallest absolute Gasteiger partial charge is 0.340 e. The summed E-state index contributed by atoms with van der Waals surface area (Å²) in [6.45, 7) is 1.64. The summed E-state index contributed by atoms with van der Waals surface area (Å²) < 4.78 is 3.99. The number of carboxylic acids is 1. The Hall–Kier alpha value is -1.43. The third-order valence-electron chi connectivity index (χ3n) is 4.02. The van der Waals surface area contributed by atoms with Crippen molar-refractivity contribution in [3.63, 3.8) is 0 Å². The topological polar surface area (TPSA) is 79.3 Å². The minimum atomic E-state index is -1.03. The molecular formula is C12H14N2O3S. The minimum absolute atomic E-state index is 0.0316. The number of anilines is 1. The second kappa shape index (κ2) is 4.05. The molecule has 0 bridgehead atoms. The summed E-state index contributed by atoms with van der Waals surface area (Å²) in [6, 6.07) is 0. The molecule has 6 heteroatoms. The lowest BCUT2D eigenvalue weighted by molar-refractivity contribution is -0.118. The number of aryl methyl sites for hydroxylation is 1. The van der Waals surface area contributed by atoms with Crippen LogP contribution < -0.4 is 5.32 Å². The van der Waals surface area contributed by atoms with E-state index < -0.39 is 5.97 Å². The van der Waals surface area contributed by atoms with Crippen LogP contribution in [0.15, 0.2) is 0 Å². The molecule has 18 heavy (non-hydrogen) atoms. The van der Waals surface area contributed by atoms with Crippen molar-refractivity contribution < 1.29 is 14.7 Å². The number of rotatable bonds is 3. The second-order valence-corrected chi connectivity index (χ2v) is 5.82. The van der Waals surface area contributed by atoms with Crippen molar-refractivity contribution in [1.29, 1.82) is 0 Å². The molecule has 2 fully saturated rings. The molecule has 5 nitrogen and oxygen atoms in total. The number of hydrogen-bond acceptors (Lipinski definition) is 4. The predicted octanol–water partition coefficient (Wildman–Crippen LogP) is 2.13. The first-order valence-corrected chi connectivity index (χ1v) is 6.87. The highest BCUT2D eigenvalue weighted by Crippen LogP contribution is 2.57. The summed E-state index contributed by atoms with van der Waals surface area (Å²) in [5.74, 6) is 0.103. The van der Waals surface area contributed by atoms with Gasteiger partial charge in [-0.25, -0.2) is 4.79 Å². The Bertz CT molecular complexity index is 515. The van der Waals surface area contributed by atoms with Crippen molar-refractivity contribution >= 4 is 28.4 Å². The summed E-state index contributed by atoms with van der Waals surface area (Å²) in [6.07, 6.45) is 3.49. The van der Waals surface area contributed by atoms with Gasteiger partial charge in [-0.05, 0) is 43.1 Å². The molecule has 1 heterocycles. The summed E-state index contributed by atoms with van der Waals surface area (Å²) in [5, 5.41) is 12.2. The number of aromatic carboxylic acids is 1. The van der Waals surface area contributed by atoms with Crippen molar-refractivity contribution in [2.24, 2.45) is 17.8 Å². The largest absolute Gasteiger partial charge is 0.478 e. The number of nitrogens with zero attached hydrogens (tertiary/aromatic N) is 1. The monoisotopic (exact) mass is 266 g/mol. The van der Waals surface area contributed by atoms with Crippen LogP contribution in [-0.4, -0.2) is 21.4 Å². The van der Waals surface area contributed by atoms with Gasteiger partial charge in [0.2, 0.25) is 5.91 Å². The Balaban J connectivity index is 1.73. The zero-order valence-electron chi connectivity index (χ0n) is 9.97. The summed E-state index contributed by atoms with van der Waals surface area (Å²) in [4.78, 5) is 23.1. The van der Waals surface area contributed by atoms with Crippen molar-refractivity contribution in [3.8, 4) is 0 Å². The Morgan fingerprint density at radius 2 is 2.06 bits per heavy atom. The number of nitrogens with one attached hydrogen (secondary N) is 1. The fourth-order valence-electron chi connectivity index (χ4n) is 3.11. The standard InChI is InChI=1S/C12H14N2O3S/c1-5-8(12(16)17)11(18-14-5)13-10(15)9-6-3-2-4-7(6)9/h6-7,9H,2-4H2,1H3,(H,13,15)(H,16,17). The Kier molecular flexibility index (Phi) is 2.62. The molecule has 1 aromatic heterocycles. The summed E-state index contributed by atoms with van der Waals surface area (Å²) in [7, 11) is 0. The quantitative estimate of drug-likeness (QED) is 0.878. The normalized spacial score (nSPS) is 28.8. The number of carbonyl (C=O) groups excluding carboxylic acids is 1. The van der Waals surface area contributed by atoms with Crippen LogP contribution in [0.1, 0.15) is 35.3 Å². The maximum Gasteiger partial charge on any atom is 0.340 e. The predicted molar refractivity (Wildman–Crippen MR) is 66.8 cm³/mol. The third kappa shape index (κ3) is 1.71. The maximum atomic E-state index is 12.0. The fourth-order valence-corrected chi connectivity index (χ4v) is 3.90. The zero-order chi connectivity index (χ0) is 12.9. The molecule has 2 N–H and O–H groups in total. The molecule has 1 aromatic rings. The van der Waals surface area contributed by atoms with E-state index in [4.69, 9.17) is 5.11 Å². The number of carboxylic acid groups (broad SMARTS) is 1. The third-order valence-corrected chi connectivity index (χ3v) is 4.88. The van der Waals surface area contributed by atoms with E-state index in [2.05, 4.69) is 9.69 Å². The van der Waals surface area contributed by atoms with E-state index in [1.807, 2.05) is 0 Å². The summed E-state index contributed by atoms with van der Waals surface area (Å²) in [5.41, 5.74) is 0.581. The lowest BCUT2D eigenvalue weighted by atomic mass is 10.1. The molecule has 3 rings (SSSR count). The lowest BCUT2D eigenvalue weighted by Gasteiger charge is -2.05. The van der Waals surface area contributed by atoms with Gasteiger partial charge in [0.05, 0.1) is 5.69 Å². The van der Waals surface area contributed by atoms with E-state index in [0.717, 1.165) is 24.4 Å². The first-order valence-electron chi connectivity index (χ1n) is 6.10. The van der Waals surface area contributed by atoms with Gasteiger partial charge in [-0.2, -0.15) is 4.37 Å². The Labute approximate surface area is 108 Å². The van der Waals surface area contributed by atoms with Crippen LogP contribution in [0, 0.1) is 24.7 Å². The first-order chi connectivity index (χ1) is 8.59. The molecule has 96 valence electrons. The highest BCUT2D eigenvalue weighted by atomic mass is 32.1. The average Bonchev–Trinajstić information content (AvgIpc) is 2.67. The van der Waals surface area contributed by atoms with Gasteiger partial charge in [0, 0.05) is 5.92 Å². The number of amides is 1. The van der Waals surface area contributed by atoms with E-state index in [1.54, 1.807) is 6.92 Å². The molecule has 0 radical (unpaired) electrons. The van der Waals surface area contributed by atoms with E-state index in [-0.39, 0.29) is 17.4 Å². The molecule has 2 aliphatic rings. The maximum absolute atomic E-state index is 12.0. The van der Waals surface area contributed by atoms with Crippen LogP contribution in [0.2, 0.25) is 0 Å². The van der Waals surface area contributed by atoms with Gasteiger partial charge in [-0.3, -0.25) is 4.79 Å². The van der Waals surface area contributed by atoms with Crippen LogP contribution in [0.3, 0.4) is 0 Å². The molecule has 0 saturated heterocycles. The average molecular weight is 266 g/mol. The SMILES string of the molecule is Cc1nsc(NC(=O)C2C3CCCC32)c1C(=O)O. The highest BCUT2D eigenvalue weighted by molar-refractivity contribution is 7.11. The van der Waals surface area contributed by atoms with Gasteiger partial charge in [0.25, 0.3) is 0 Å². The number of fused-ring (bicyclic) bond motifs is 1. The molecule has 2 unspecified atom stereocenters. The van der Waals surface area contributed by atoms with Gasteiger partial charge in [0.1, 0.15) is 10.6 Å². The van der Waals surface area contributed by atoms with E-state index >= 15 is 0 Å². The van der Waals surface area contributed by atoms with Crippen molar-refractivity contribution in [1.82, 2.24) is 4.37 Å². The van der Waals surface area contributed by atoms with Gasteiger partial charge in [-0.1, -0.05) is 6.42 Å². The molecule has 0 aliphatic heterocycles. The highest BCUT2D eigenvalue weighted by Gasteiger charge is 2.56. The molecular weight excluding hydrogens is 252 g/mol. The van der Waals surface area contributed by atoms with Crippen LogP contribution in [0.25, 0.3) is 0 Å². The second-order valence-electron chi connectivity index (χ2n) is 5.05. The van der Waals surface area contributed by atoms with E-state index in [9.17, 15) is 9.59 Å². The van der Waals surface area contributed by atoms with Crippen molar-refractivity contribution in [2.75, 3.05) is 5.32 Å². The molecule has 2 aliphatic carbocycles. The lowest BCUT2D eigenvalue weighted by Crippen LogP contribution is -2.17. The van der Waals surface area contributed by atoms with Gasteiger partial charge in [-0.15, -0.1) is 0 Å².